The van der Waals surface area contributed by atoms with Gasteiger partial charge in [0, 0.05) is 28.9 Å². The van der Waals surface area contributed by atoms with E-state index in [4.69, 9.17) is 4.74 Å². The molecule has 3 N–H and O–H groups in total. The van der Waals surface area contributed by atoms with Crippen LogP contribution in [0.1, 0.15) is 129 Å². The summed E-state index contributed by atoms with van der Waals surface area (Å²) in [5.74, 6) is 2.50. The second-order valence-electron chi connectivity index (χ2n) is 13.7. The smallest absolute Gasteiger partial charge is 0.137 e. The maximum absolute atomic E-state index is 10.8. The number of fused-ring (bicyclic) bond motifs is 3. The minimum absolute atomic E-state index is 0. The molecule has 0 amide bonds. The predicted molar refractivity (Wildman–Crippen MR) is 196 cm³/mol. The van der Waals surface area contributed by atoms with Crippen LogP contribution >= 0.6 is 31.9 Å². The molecular weight excluding hydrogens is 692 g/mol. The molecule has 3 aliphatic rings. The third-order valence-corrected chi connectivity index (χ3v) is 11.4. The van der Waals surface area contributed by atoms with Gasteiger partial charge in [-0.05, 0) is 134 Å². The Bertz CT molecular complexity index is 1440. The van der Waals surface area contributed by atoms with Gasteiger partial charge in [0.25, 0.3) is 0 Å². The van der Waals surface area contributed by atoms with Gasteiger partial charge in [0.05, 0.1) is 8.95 Å². The summed E-state index contributed by atoms with van der Waals surface area (Å²) >= 11 is 7.04. The topological polar surface area (TPSA) is 69.9 Å². The summed E-state index contributed by atoms with van der Waals surface area (Å²) in [6.07, 6.45) is 12.6. The zero-order valence-corrected chi connectivity index (χ0v) is 30.7. The maximum Gasteiger partial charge on any atom is 0.137 e. The monoisotopic (exact) mass is 744 g/mol. The quantitative estimate of drug-likeness (QED) is 0.258. The number of aryl methyl sites for hydroxylation is 1. The molecule has 1 heterocycles. The maximum atomic E-state index is 10.8. The lowest BCUT2D eigenvalue weighted by Gasteiger charge is -2.46. The van der Waals surface area contributed by atoms with Crippen LogP contribution in [0.25, 0.3) is 0 Å². The molecule has 6 heteroatoms. The highest BCUT2D eigenvalue weighted by Gasteiger charge is 2.45. The van der Waals surface area contributed by atoms with Crippen molar-refractivity contribution in [2.24, 2.45) is 11.8 Å². The van der Waals surface area contributed by atoms with Crippen molar-refractivity contribution >= 4 is 31.9 Å². The minimum atomic E-state index is -0.174. The van der Waals surface area contributed by atoms with E-state index in [-0.39, 0.29) is 42.3 Å². The van der Waals surface area contributed by atoms with Gasteiger partial charge in [0.2, 0.25) is 0 Å². The first-order valence-corrected chi connectivity index (χ1v) is 17.8. The molecule has 0 fully saturated rings. The molecule has 5 rings (SSSR count). The third-order valence-electron chi connectivity index (χ3n) is 9.73. The molecule has 2 unspecified atom stereocenters. The van der Waals surface area contributed by atoms with Gasteiger partial charge in [-0.25, -0.2) is 0 Å². The number of benzene rings is 2. The predicted octanol–water partition coefficient (Wildman–Crippen LogP) is 12.2. The largest absolute Gasteiger partial charge is 0.507 e. The average molecular weight is 747 g/mol. The number of halogens is 2. The van der Waals surface area contributed by atoms with Crippen molar-refractivity contribution in [1.29, 1.82) is 0 Å². The Hall–Kier alpha value is -2.18. The lowest BCUT2D eigenvalue weighted by atomic mass is 9.68. The van der Waals surface area contributed by atoms with Gasteiger partial charge in [-0.15, -0.1) is 0 Å². The first-order chi connectivity index (χ1) is 20.7. The molecule has 0 aromatic heterocycles. The molecule has 2 aromatic rings. The number of hydrogen-bond donors (Lipinski definition) is 3. The highest BCUT2D eigenvalue weighted by molar-refractivity contribution is 9.11. The fourth-order valence-electron chi connectivity index (χ4n) is 7.43. The fourth-order valence-corrected chi connectivity index (χ4v) is 8.92. The van der Waals surface area contributed by atoms with Crippen LogP contribution in [0, 0.1) is 11.8 Å². The van der Waals surface area contributed by atoms with Gasteiger partial charge in [0.15, 0.2) is 0 Å². The number of ether oxygens (including phenoxy) is 1. The van der Waals surface area contributed by atoms with Crippen LogP contribution in [0.2, 0.25) is 0 Å². The van der Waals surface area contributed by atoms with E-state index in [1.807, 2.05) is 13.0 Å². The van der Waals surface area contributed by atoms with E-state index in [1.54, 1.807) is 0 Å². The zero-order chi connectivity index (χ0) is 32.5. The lowest BCUT2D eigenvalue weighted by Crippen LogP contribution is -2.45. The number of rotatable bonds is 6. The summed E-state index contributed by atoms with van der Waals surface area (Å²) in [5, 5.41) is 32.1. The van der Waals surface area contributed by atoms with E-state index >= 15 is 0 Å². The van der Waals surface area contributed by atoms with Crippen molar-refractivity contribution in [3.8, 4) is 23.0 Å². The van der Waals surface area contributed by atoms with E-state index in [2.05, 4.69) is 98.2 Å². The molecule has 2 aliphatic carbocycles. The van der Waals surface area contributed by atoms with Crippen LogP contribution in [0.15, 0.2) is 56.5 Å². The van der Waals surface area contributed by atoms with E-state index in [0.717, 1.165) is 73.8 Å². The molecule has 4 atom stereocenters. The Morgan fingerprint density at radius 1 is 0.889 bits per heavy atom. The summed E-state index contributed by atoms with van der Waals surface area (Å²) in [6.45, 7) is 19.0. The first kappa shape index (κ1) is 37.3. The Morgan fingerprint density at radius 3 is 2.00 bits per heavy atom. The van der Waals surface area contributed by atoms with Crippen LogP contribution in [0.5, 0.6) is 23.0 Å². The summed E-state index contributed by atoms with van der Waals surface area (Å²) < 4.78 is 7.66. The average Bonchev–Trinajstić information content (AvgIpc) is 2.94. The molecule has 0 bridgehead atoms. The number of phenols is 3. The normalized spacial score (nSPS) is 23.1. The van der Waals surface area contributed by atoms with Gasteiger partial charge in [-0.1, -0.05) is 69.6 Å². The zero-order valence-electron chi connectivity index (χ0n) is 27.5. The van der Waals surface area contributed by atoms with Crippen LogP contribution in [-0.2, 0) is 12.8 Å². The highest BCUT2D eigenvalue weighted by atomic mass is 79.9. The molecule has 45 heavy (non-hydrogen) atoms. The van der Waals surface area contributed by atoms with Crippen LogP contribution in [0.4, 0.5) is 0 Å². The number of phenolic OH excluding ortho intramolecular Hbond substituents is 3. The van der Waals surface area contributed by atoms with Gasteiger partial charge >= 0.3 is 0 Å². The summed E-state index contributed by atoms with van der Waals surface area (Å²) in [6, 6.07) is 4.06. The molecule has 4 nitrogen and oxygen atoms in total. The molecule has 0 spiro atoms. The highest BCUT2D eigenvalue weighted by Crippen LogP contribution is 2.54. The van der Waals surface area contributed by atoms with Crippen molar-refractivity contribution < 1.29 is 20.1 Å². The van der Waals surface area contributed by atoms with Gasteiger partial charge in [-0.2, -0.15) is 0 Å². The van der Waals surface area contributed by atoms with E-state index in [1.165, 1.54) is 16.7 Å². The van der Waals surface area contributed by atoms with Crippen molar-refractivity contribution in [3.63, 3.8) is 0 Å². The fraction of sp³-hybridized carbons (Fsp3) is 0.538. The Balaban J connectivity index is 0.000000241. The molecule has 0 saturated heterocycles. The van der Waals surface area contributed by atoms with Gasteiger partial charge in [-0.3, -0.25) is 0 Å². The molecule has 0 radical (unpaired) electrons. The minimum Gasteiger partial charge on any atom is -0.507 e. The van der Waals surface area contributed by atoms with E-state index < -0.39 is 0 Å². The molecular formula is C39H54Br2O4. The molecule has 0 saturated carbocycles. The summed E-state index contributed by atoms with van der Waals surface area (Å²) in [5.41, 5.74) is 7.30. The van der Waals surface area contributed by atoms with Crippen molar-refractivity contribution in [2.45, 2.75) is 125 Å². The Kier molecular flexibility index (Phi) is 12.6. The van der Waals surface area contributed by atoms with Crippen molar-refractivity contribution in [2.75, 3.05) is 0 Å². The lowest BCUT2D eigenvalue weighted by molar-refractivity contribution is 0.0107. The summed E-state index contributed by atoms with van der Waals surface area (Å²) in [4.78, 5) is 0. The molecule has 2 aromatic carbocycles. The Labute approximate surface area is 288 Å². The number of aromatic hydroxyl groups is 3. The summed E-state index contributed by atoms with van der Waals surface area (Å²) in [7, 11) is 0. The SMILES string of the molecule is C.C=C(C)C1CCC(C)=C[C@H]1c1c(O)c(Br)c(CCC)c(Br)c1O.CCCc1cc(O)c2c(c1)OC(C)(C)C1CCC(C)=C[C@@H]21. The van der Waals surface area contributed by atoms with E-state index in [0.29, 0.717) is 26.2 Å². The van der Waals surface area contributed by atoms with E-state index in [9.17, 15) is 15.3 Å². The Morgan fingerprint density at radius 2 is 1.44 bits per heavy atom. The first-order valence-electron chi connectivity index (χ1n) is 16.2. The number of allylic oxidation sites excluding steroid dienone is 5. The van der Waals surface area contributed by atoms with Crippen molar-refractivity contribution in [1.82, 2.24) is 0 Å². The van der Waals surface area contributed by atoms with Crippen LogP contribution in [0.3, 0.4) is 0 Å². The standard InChI is InChI=1S/C19H24Br2O2.C19H26O2.CH4/c1-5-6-13-16(20)18(22)15(19(23)17(13)21)14-9-11(4)7-8-12(14)10(2)3;1-5-6-13-10-16(20)18-14-9-12(2)7-8-15(14)19(3,4)21-17(18)11-13;/h9,12,14,22-23H,2,5-8H2,1,3-4H3;9-11,14-15,20H,5-8H2,1-4H3;1H4/t12?,14-;14-,15?;/m11./s1. The van der Waals surface area contributed by atoms with Crippen LogP contribution < -0.4 is 4.74 Å². The van der Waals surface area contributed by atoms with Gasteiger partial charge < -0.3 is 20.1 Å². The third kappa shape index (κ3) is 7.70. The van der Waals surface area contributed by atoms with Gasteiger partial charge in [0.1, 0.15) is 28.6 Å². The van der Waals surface area contributed by atoms with Crippen molar-refractivity contribution in [3.05, 3.63) is 78.8 Å². The number of hydrogen-bond acceptors (Lipinski definition) is 4. The molecule has 248 valence electrons. The van der Waals surface area contributed by atoms with Crippen LogP contribution in [-0.4, -0.2) is 20.9 Å². The molecule has 1 aliphatic heterocycles. The second-order valence-corrected chi connectivity index (χ2v) is 15.2. The second kappa shape index (κ2) is 15.2.